The molecule has 1 atom stereocenters. The third-order valence-corrected chi connectivity index (χ3v) is 8.14. The molecule has 0 saturated carbocycles. The molecule has 0 unspecified atom stereocenters. The van der Waals surface area contributed by atoms with E-state index in [1.807, 2.05) is 44.2 Å². The normalized spacial score (nSPS) is 11.8. The molecule has 39 heavy (non-hydrogen) atoms. The molecule has 3 aromatic rings. The van der Waals surface area contributed by atoms with Crippen LogP contribution in [0.5, 0.6) is 11.5 Å². The quantitative estimate of drug-likeness (QED) is 0.366. The second-order valence-electron chi connectivity index (χ2n) is 8.91. The molecule has 208 valence electrons. The van der Waals surface area contributed by atoms with Crippen molar-refractivity contribution in [3.8, 4) is 11.5 Å². The van der Waals surface area contributed by atoms with Crippen molar-refractivity contribution in [3.63, 3.8) is 0 Å². The Morgan fingerprint density at radius 1 is 0.923 bits per heavy atom. The van der Waals surface area contributed by atoms with Gasteiger partial charge in [-0.1, -0.05) is 55.0 Å². The van der Waals surface area contributed by atoms with Gasteiger partial charge >= 0.3 is 0 Å². The molecular formula is C29H35N3O6S. The summed E-state index contributed by atoms with van der Waals surface area (Å²) in [6, 6.07) is 19.6. The van der Waals surface area contributed by atoms with Gasteiger partial charge in [0.2, 0.25) is 11.8 Å². The van der Waals surface area contributed by atoms with E-state index in [0.29, 0.717) is 17.9 Å². The first-order valence-corrected chi connectivity index (χ1v) is 14.0. The maximum atomic E-state index is 14.0. The van der Waals surface area contributed by atoms with Gasteiger partial charge in [-0.25, -0.2) is 8.42 Å². The molecule has 0 aromatic heterocycles. The van der Waals surface area contributed by atoms with Crippen molar-refractivity contribution in [2.45, 2.75) is 37.8 Å². The lowest BCUT2D eigenvalue weighted by Gasteiger charge is -2.33. The minimum atomic E-state index is -4.23. The standard InChI is InChI=1S/C29H35N3O6S/c1-6-25(29(34)30-3)31(19-22-10-8-7-9-11-22)28(33)20-32(23-14-12-21(2)13-15-23)39(35,36)24-16-17-26(37-4)27(18-24)38-5/h7-18,25H,6,19-20H2,1-5H3,(H,30,34)/t25-/m0/s1. The van der Waals surface area contributed by atoms with Crippen molar-refractivity contribution < 1.29 is 27.5 Å². The number of ether oxygens (including phenoxy) is 2. The van der Waals surface area contributed by atoms with Crippen LogP contribution >= 0.6 is 0 Å². The lowest BCUT2D eigenvalue weighted by Crippen LogP contribution is -2.51. The van der Waals surface area contributed by atoms with E-state index in [9.17, 15) is 18.0 Å². The first-order valence-electron chi connectivity index (χ1n) is 12.5. The molecule has 9 nitrogen and oxygen atoms in total. The van der Waals surface area contributed by atoms with E-state index < -0.39 is 28.5 Å². The highest BCUT2D eigenvalue weighted by Crippen LogP contribution is 2.32. The van der Waals surface area contributed by atoms with Crippen molar-refractivity contribution in [2.75, 3.05) is 32.1 Å². The fourth-order valence-electron chi connectivity index (χ4n) is 4.21. The minimum absolute atomic E-state index is 0.0681. The predicted octanol–water partition coefficient (Wildman–Crippen LogP) is 3.76. The average molecular weight is 554 g/mol. The number of sulfonamides is 1. The molecule has 0 saturated heterocycles. The lowest BCUT2D eigenvalue weighted by atomic mass is 10.1. The zero-order valence-corrected chi connectivity index (χ0v) is 23.7. The Labute approximate surface area is 230 Å². The van der Waals surface area contributed by atoms with Gasteiger partial charge in [0.1, 0.15) is 12.6 Å². The number of carbonyl (C=O) groups excluding carboxylic acids is 2. The van der Waals surface area contributed by atoms with Crippen LogP contribution in [-0.2, 0) is 26.2 Å². The van der Waals surface area contributed by atoms with Gasteiger partial charge in [0, 0.05) is 19.7 Å². The van der Waals surface area contributed by atoms with Crippen LogP contribution in [0.15, 0.2) is 77.7 Å². The number of methoxy groups -OCH3 is 2. The maximum absolute atomic E-state index is 14.0. The number of carbonyl (C=O) groups is 2. The lowest BCUT2D eigenvalue weighted by molar-refractivity contribution is -0.140. The number of likely N-dealkylation sites (N-methyl/N-ethyl adjacent to an activating group) is 1. The molecule has 0 aliphatic heterocycles. The summed E-state index contributed by atoms with van der Waals surface area (Å²) in [6.45, 7) is 3.33. The topological polar surface area (TPSA) is 105 Å². The molecule has 3 rings (SSSR count). The van der Waals surface area contributed by atoms with Gasteiger partial charge in [-0.05, 0) is 43.2 Å². The van der Waals surface area contributed by atoms with E-state index in [1.54, 1.807) is 24.3 Å². The highest BCUT2D eigenvalue weighted by atomic mass is 32.2. The summed E-state index contributed by atoms with van der Waals surface area (Å²) in [5.41, 5.74) is 2.07. The van der Waals surface area contributed by atoms with E-state index in [-0.39, 0.29) is 23.1 Å². The molecule has 2 amide bonds. The minimum Gasteiger partial charge on any atom is -0.493 e. The second kappa shape index (κ2) is 13.1. The number of hydrogen-bond donors (Lipinski definition) is 1. The van der Waals surface area contributed by atoms with Crippen LogP contribution in [0.2, 0.25) is 0 Å². The van der Waals surface area contributed by atoms with Crippen LogP contribution in [-0.4, -0.2) is 59.0 Å². The van der Waals surface area contributed by atoms with E-state index in [4.69, 9.17) is 9.47 Å². The third-order valence-electron chi connectivity index (χ3n) is 6.37. The Balaban J connectivity index is 2.08. The number of hydrogen-bond acceptors (Lipinski definition) is 6. The van der Waals surface area contributed by atoms with Gasteiger partial charge in [0.05, 0.1) is 24.8 Å². The SMILES string of the molecule is CC[C@@H](C(=O)NC)N(Cc1ccccc1)C(=O)CN(c1ccc(C)cc1)S(=O)(=O)c1ccc(OC)c(OC)c1. The van der Waals surface area contributed by atoms with Crippen molar-refractivity contribution in [3.05, 3.63) is 83.9 Å². The fraction of sp³-hybridized carbons (Fsp3) is 0.310. The number of anilines is 1. The summed E-state index contributed by atoms with van der Waals surface area (Å²) >= 11 is 0. The maximum Gasteiger partial charge on any atom is 0.264 e. The Hall–Kier alpha value is -4.05. The number of benzene rings is 3. The smallest absolute Gasteiger partial charge is 0.264 e. The van der Waals surface area contributed by atoms with Crippen LogP contribution in [0.1, 0.15) is 24.5 Å². The van der Waals surface area contributed by atoms with E-state index in [0.717, 1.165) is 15.4 Å². The number of nitrogens with one attached hydrogen (secondary N) is 1. The highest BCUT2D eigenvalue weighted by molar-refractivity contribution is 7.92. The molecule has 0 radical (unpaired) electrons. The Kier molecular flexibility index (Phi) is 9.95. The predicted molar refractivity (Wildman–Crippen MR) is 150 cm³/mol. The van der Waals surface area contributed by atoms with Crippen LogP contribution < -0.4 is 19.1 Å². The second-order valence-corrected chi connectivity index (χ2v) is 10.8. The van der Waals surface area contributed by atoms with Crippen molar-refractivity contribution in [2.24, 2.45) is 0 Å². The van der Waals surface area contributed by atoms with Crippen LogP contribution in [0, 0.1) is 6.92 Å². The summed E-state index contributed by atoms with van der Waals surface area (Å²) < 4.78 is 39.7. The third kappa shape index (κ3) is 6.88. The average Bonchev–Trinajstić information content (AvgIpc) is 2.96. The first-order chi connectivity index (χ1) is 18.7. The largest absolute Gasteiger partial charge is 0.493 e. The van der Waals surface area contributed by atoms with Gasteiger partial charge in [0.15, 0.2) is 11.5 Å². The molecule has 0 spiro atoms. The summed E-state index contributed by atoms with van der Waals surface area (Å²) in [6.07, 6.45) is 0.352. The molecule has 0 bridgehead atoms. The number of rotatable bonds is 12. The van der Waals surface area contributed by atoms with Gasteiger partial charge < -0.3 is 19.7 Å². The number of amides is 2. The number of aryl methyl sites for hydroxylation is 1. The molecule has 0 heterocycles. The molecule has 3 aromatic carbocycles. The van der Waals surface area contributed by atoms with Crippen molar-refractivity contribution in [1.29, 1.82) is 0 Å². The van der Waals surface area contributed by atoms with Crippen molar-refractivity contribution >= 4 is 27.5 Å². The molecule has 0 fully saturated rings. The fourth-order valence-corrected chi connectivity index (χ4v) is 5.64. The van der Waals surface area contributed by atoms with Gasteiger partial charge in [-0.2, -0.15) is 0 Å². The van der Waals surface area contributed by atoms with E-state index in [2.05, 4.69) is 5.32 Å². The van der Waals surface area contributed by atoms with Gasteiger partial charge in [0.25, 0.3) is 10.0 Å². The van der Waals surface area contributed by atoms with Crippen molar-refractivity contribution in [1.82, 2.24) is 10.2 Å². The molecule has 0 aliphatic carbocycles. The summed E-state index contributed by atoms with van der Waals surface area (Å²) in [5, 5.41) is 2.62. The van der Waals surface area contributed by atoms with E-state index in [1.165, 1.54) is 44.4 Å². The summed E-state index contributed by atoms with van der Waals surface area (Å²) in [7, 11) is 0.153. The van der Waals surface area contributed by atoms with Gasteiger partial charge in [-0.15, -0.1) is 0 Å². The summed E-state index contributed by atoms with van der Waals surface area (Å²) in [5.74, 6) is -0.227. The molecular weight excluding hydrogens is 518 g/mol. The van der Waals surface area contributed by atoms with E-state index >= 15 is 0 Å². The Morgan fingerprint density at radius 3 is 2.13 bits per heavy atom. The summed E-state index contributed by atoms with van der Waals surface area (Å²) in [4.78, 5) is 28.0. The molecule has 0 aliphatic rings. The van der Waals surface area contributed by atoms with Crippen LogP contribution in [0.25, 0.3) is 0 Å². The van der Waals surface area contributed by atoms with Gasteiger partial charge in [-0.3, -0.25) is 13.9 Å². The Morgan fingerprint density at radius 2 is 1.56 bits per heavy atom. The molecule has 1 N–H and O–H groups in total. The number of nitrogens with zero attached hydrogens (tertiary/aromatic N) is 2. The van der Waals surface area contributed by atoms with Crippen LogP contribution in [0.3, 0.4) is 0 Å². The monoisotopic (exact) mass is 553 g/mol. The van der Waals surface area contributed by atoms with Crippen LogP contribution in [0.4, 0.5) is 5.69 Å². The Bertz CT molecular complexity index is 1380. The first kappa shape index (κ1) is 29.5. The zero-order chi connectivity index (χ0) is 28.6. The molecule has 10 heteroatoms. The zero-order valence-electron chi connectivity index (χ0n) is 22.9. The highest BCUT2D eigenvalue weighted by Gasteiger charge is 2.33.